The summed E-state index contributed by atoms with van der Waals surface area (Å²) in [5, 5.41) is 0. The van der Waals surface area contributed by atoms with Gasteiger partial charge in [-0.2, -0.15) is 0 Å². The lowest BCUT2D eigenvalue weighted by Gasteiger charge is -1.99. The zero-order valence-corrected chi connectivity index (χ0v) is 13.9. The number of imidazole rings is 1. The highest BCUT2D eigenvalue weighted by molar-refractivity contribution is 5.85. The molecule has 4 nitrogen and oxygen atoms in total. The summed E-state index contributed by atoms with van der Waals surface area (Å²) in [6.45, 7) is 3.81. The maximum Gasteiger partial charge on any atom is 0.138 e. The Hall–Kier alpha value is -2.59. The first-order chi connectivity index (χ1) is 10.6. The molecule has 0 radical (unpaired) electrons. The molecule has 1 heterocycles. The van der Waals surface area contributed by atoms with E-state index in [0.717, 1.165) is 34.0 Å². The van der Waals surface area contributed by atoms with Crippen molar-refractivity contribution in [1.29, 1.82) is 0 Å². The highest BCUT2D eigenvalue weighted by Gasteiger charge is 2.10. The first-order valence-electron chi connectivity index (χ1n) is 7.17. The molecule has 2 aromatic carbocycles. The van der Waals surface area contributed by atoms with E-state index in [-0.39, 0.29) is 12.4 Å². The average molecular weight is 327 g/mol. The van der Waals surface area contributed by atoms with Crippen molar-refractivity contribution in [1.82, 2.24) is 9.97 Å². The second kappa shape index (κ2) is 7.11. The van der Waals surface area contributed by atoms with Gasteiger partial charge in [-0.25, -0.2) is 9.98 Å². The fourth-order valence-electron chi connectivity index (χ4n) is 2.37. The van der Waals surface area contributed by atoms with E-state index >= 15 is 0 Å². The van der Waals surface area contributed by atoms with Crippen molar-refractivity contribution in [3.8, 4) is 22.6 Å². The molecule has 23 heavy (non-hydrogen) atoms. The lowest BCUT2D eigenvalue weighted by Crippen LogP contribution is -2.03. The van der Waals surface area contributed by atoms with Crippen LogP contribution in [0.2, 0.25) is 0 Å². The highest BCUT2D eigenvalue weighted by atomic mass is 35.5. The van der Waals surface area contributed by atoms with Crippen LogP contribution in [-0.2, 0) is 0 Å². The Bertz CT molecular complexity index is 801. The van der Waals surface area contributed by atoms with Gasteiger partial charge in [0.1, 0.15) is 5.82 Å². The predicted octanol–water partition coefficient (Wildman–Crippen LogP) is 4.48. The zero-order valence-electron chi connectivity index (χ0n) is 13.1. The first-order valence-corrected chi connectivity index (χ1v) is 7.17. The number of halogens is 1. The summed E-state index contributed by atoms with van der Waals surface area (Å²) in [6.07, 6.45) is 0. The molecule has 0 fully saturated rings. The molecule has 5 heteroatoms. The summed E-state index contributed by atoms with van der Waals surface area (Å²) in [5.74, 6) is 1.41. The molecule has 1 aromatic heterocycles. The number of hydrogen-bond donors (Lipinski definition) is 2. The Morgan fingerprint density at radius 3 is 2.26 bits per heavy atom. The van der Waals surface area contributed by atoms with Gasteiger partial charge >= 0.3 is 0 Å². The number of nitrogens with one attached hydrogen (secondary N) is 1. The van der Waals surface area contributed by atoms with Crippen molar-refractivity contribution < 1.29 is 0 Å². The van der Waals surface area contributed by atoms with Gasteiger partial charge in [0, 0.05) is 16.8 Å². The summed E-state index contributed by atoms with van der Waals surface area (Å²) in [5.41, 5.74) is 10.6. The zero-order chi connectivity index (χ0) is 15.5. The fourth-order valence-corrected chi connectivity index (χ4v) is 2.37. The van der Waals surface area contributed by atoms with Crippen LogP contribution in [0.15, 0.2) is 59.6 Å². The molecule has 0 aliphatic heterocycles. The molecule has 0 amide bonds. The minimum absolute atomic E-state index is 0. The molecular weight excluding hydrogens is 308 g/mol. The van der Waals surface area contributed by atoms with E-state index in [1.165, 1.54) is 0 Å². The number of benzene rings is 2. The van der Waals surface area contributed by atoms with E-state index in [1.807, 2.05) is 49.4 Å². The topological polar surface area (TPSA) is 67.1 Å². The van der Waals surface area contributed by atoms with Crippen LogP contribution in [0.3, 0.4) is 0 Å². The maximum atomic E-state index is 5.59. The largest absolute Gasteiger partial charge is 0.387 e. The third-order valence-electron chi connectivity index (χ3n) is 3.38. The molecule has 0 saturated carbocycles. The molecule has 0 aliphatic carbocycles. The maximum absolute atomic E-state index is 5.59. The molecule has 0 bridgehead atoms. The van der Waals surface area contributed by atoms with Gasteiger partial charge in [-0.3, -0.25) is 0 Å². The van der Waals surface area contributed by atoms with Gasteiger partial charge in [-0.05, 0) is 38.1 Å². The van der Waals surface area contributed by atoms with E-state index in [4.69, 9.17) is 10.7 Å². The van der Waals surface area contributed by atoms with Gasteiger partial charge < -0.3 is 10.7 Å². The van der Waals surface area contributed by atoms with Gasteiger partial charge in [0.25, 0.3) is 0 Å². The number of aliphatic imine (C=N–C) groups is 1. The van der Waals surface area contributed by atoms with Crippen molar-refractivity contribution in [3.05, 3.63) is 60.3 Å². The van der Waals surface area contributed by atoms with Crippen LogP contribution in [0.25, 0.3) is 22.6 Å². The summed E-state index contributed by atoms with van der Waals surface area (Å²) < 4.78 is 0. The molecule has 118 valence electrons. The minimum Gasteiger partial charge on any atom is -0.387 e. The van der Waals surface area contributed by atoms with Gasteiger partial charge in [0.15, 0.2) is 0 Å². The molecule has 3 N–H and O–H groups in total. The van der Waals surface area contributed by atoms with Crippen LogP contribution < -0.4 is 5.73 Å². The third-order valence-corrected chi connectivity index (χ3v) is 3.38. The standard InChI is InChI=1S/C18H18N4.ClH/c1-12-17(14-6-4-3-5-7-14)22-18(20-12)15-8-10-16(11-9-15)21-13(2)19;/h3-11H,1-2H3,(H2,19,21)(H,20,22);1H. The second-order valence-corrected chi connectivity index (χ2v) is 5.23. The van der Waals surface area contributed by atoms with Gasteiger partial charge in [-0.15, -0.1) is 12.4 Å². The smallest absolute Gasteiger partial charge is 0.138 e. The monoisotopic (exact) mass is 326 g/mol. The lowest BCUT2D eigenvalue weighted by atomic mass is 10.1. The van der Waals surface area contributed by atoms with Crippen molar-refractivity contribution in [3.63, 3.8) is 0 Å². The Balaban J connectivity index is 0.00000192. The van der Waals surface area contributed by atoms with Crippen molar-refractivity contribution in [2.45, 2.75) is 13.8 Å². The van der Waals surface area contributed by atoms with Crippen LogP contribution in [0.1, 0.15) is 12.6 Å². The molecule has 3 rings (SSSR count). The lowest BCUT2D eigenvalue weighted by molar-refractivity contribution is 1.25. The number of H-pyrrole nitrogens is 1. The SMILES string of the molecule is CC(N)=Nc1ccc(-c2nc(-c3ccccc3)c(C)[nH]2)cc1.Cl. The molecule has 0 spiro atoms. The van der Waals surface area contributed by atoms with Crippen molar-refractivity contribution in [2.24, 2.45) is 10.7 Å². The quantitative estimate of drug-likeness (QED) is 0.550. The van der Waals surface area contributed by atoms with Gasteiger partial charge in [0.2, 0.25) is 0 Å². The summed E-state index contributed by atoms with van der Waals surface area (Å²) in [4.78, 5) is 12.3. The summed E-state index contributed by atoms with van der Waals surface area (Å²) in [7, 11) is 0. The van der Waals surface area contributed by atoms with Crippen LogP contribution in [0.4, 0.5) is 5.69 Å². The molecular formula is C18H19ClN4. The first kappa shape index (κ1) is 16.8. The molecule has 3 aromatic rings. The number of amidine groups is 1. The van der Waals surface area contributed by atoms with Gasteiger partial charge in [0.05, 0.1) is 17.2 Å². The number of rotatable bonds is 3. The second-order valence-electron chi connectivity index (χ2n) is 5.23. The predicted molar refractivity (Wildman–Crippen MR) is 98.4 cm³/mol. The summed E-state index contributed by atoms with van der Waals surface area (Å²) in [6, 6.07) is 18.0. The number of nitrogens with two attached hydrogens (primary N) is 1. The number of hydrogen-bond acceptors (Lipinski definition) is 2. The Morgan fingerprint density at radius 2 is 1.65 bits per heavy atom. The average Bonchev–Trinajstić information content (AvgIpc) is 2.90. The Kier molecular flexibility index (Phi) is 5.19. The number of aromatic amines is 1. The number of nitrogens with zero attached hydrogens (tertiary/aromatic N) is 2. The van der Waals surface area contributed by atoms with Crippen LogP contribution >= 0.6 is 12.4 Å². The summed E-state index contributed by atoms with van der Waals surface area (Å²) >= 11 is 0. The van der Waals surface area contributed by atoms with Gasteiger partial charge in [-0.1, -0.05) is 30.3 Å². The Morgan fingerprint density at radius 1 is 1.00 bits per heavy atom. The normalized spacial score (nSPS) is 11.1. The van der Waals surface area contributed by atoms with E-state index in [1.54, 1.807) is 6.92 Å². The molecule has 0 saturated heterocycles. The van der Waals surface area contributed by atoms with E-state index in [2.05, 4.69) is 22.1 Å². The van der Waals surface area contributed by atoms with Crippen molar-refractivity contribution in [2.75, 3.05) is 0 Å². The van der Waals surface area contributed by atoms with Crippen LogP contribution in [0.5, 0.6) is 0 Å². The van der Waals surface area contributed by atoms with E-state index in [0.29, 0.717) is 5.84 Å². The molecule has 0 unspecified atom stereocenters. The third kappa shape index (κ3) is 3.79. The fraction of sp³-hybridized carbons (Fsp3) is 0.111. The number of aromatic nitrogens is 2. The van der Waals surface area contributed by atoms with Crippen molar-refractivity contribution >= 4 is 23.9 Å². The Labute approximate surface area is 141 Å². The highest BCUT2D eigenvalue weighted by Crippen LogP contribution is 2.26. The molecule has 0 aliphatic rings. The van der Waals surface area contributed by atoms with Crippen LogP contribution in [0, 0.1) is 6.92 Å². The van der Waals surface area contributed by atoms with Crippen LogP contribution in [-0.4, -0.2) is 15.8 Å². The number of aryl methyl sites for hydroxylation is 1. The van der Waals surface area contributed by atoms with E-state index < -0.39 is 0 Å². The molecule has 0 atom stereocenters. The minimum atomic E-state index is 0. The van der Waals surface area contributed by atoms with E-state index in [9.17, 15) is 0 Å².